The molecule has 0 amide bonds. The molecular weight excluding hydrogens is 334 g/mol. The van der Waals surface area contributed by atoms with Gasteiger partial charge in [0, 0.05) is 29.2 Å². The number of hydrazone groups is 1. The monoisotopic (exact) mass is 359 g/mol. The van der Waals surface area contributed by atoms with Gasteiger partial charge in [-0.05, 0) is 17.5 Å². The number of benzene rings is 2. The number of hydrogen-bond acceptors (Lipinski definition) is 4. The highest BCUT2D eigenvalue weighted by atomic mass is 16.3. The summed E-state index contributed by atoms with van der Waals surface area (Å²) in [5.41, 5.74) is 4.21. The van der Waals surface area contributed by atoms with Gasteiger partial charge < -0.3 is 9.32 Å². The second kappa shape index (κ2) is 5.88. The molecule has 3 heterocycles. The van der Waals surface area contributed by atoms with Crippen molar-refractivity contribution in [2.24, 2.45) is 16.9 Å². The number of nitrogens with zero attached hydrogens (tertiary/aromatic N) is 3. The lowest BCUT2D eigenvalue weighted by molar-refractivity contribution is 0.216. The average molecular weight is 359 g/mol. The van der Waals surface area contributed by atoms with E-state index in [9.17, 15) is 0 Å². The van der Waals surface area contributed by atoms with Crippen molar-refractivity contribution in [3.05, 3.63) is 54.6 Å². The maximum Gasteiger partial charge on any atom is 0.161 e. The van der Waals surface area contributed by atoms with Crippen LogP contribution in [0.15, 0.2) is 58.6 Å². The molecule has 0 spiro atoms. The molecule has 0 radical (unpaired) electrons. The lowest BCUT2D eigenvalue weighted by Gasteiger charge is -2.43. The Bertz CT molecular complexity index is 1060. The van der Waals surface area contributed by atoms with Gasteiger partial charge in [-0.15, -0.1) is 6.58 Å². The number of furan rings is 1. The van der Waals surface area contributed by atoms with Crippen LogP contribution in [-0.2, 0) is 0 Å². The van der Waals surface area contributed by atoms with Gasteiger partial charge in [-0.2, -0.15) is 5.10 Å². The average Bonchev–Trinajstić information content (AvgIpc) is 3.23. The zero-order valence-electron chi connectivity index (χ0n) is 16.1. The largest absolute Gasteiger partial charge is 0.454 e. The summed E-state index contributed by atoms with van der Waals surface area (Å²) in [6, 6.07) is 12.7. The molecule has 5 rings (SSSR count). The summed E-state index contributed by atoms with van der Waals surface area (Å²) in [5.74, 6) is 1.24. The summed E-state index contributed by atoms with van der Waals surface area (Å²) < 4.78 is 6.34. The number of para-hydroxylation sites is 1. The molecule has 4 nitrogen and oxygen atoms in total. The van der Waals surface area contributed by atoms with Crippen LogP contribution >= 0.6 is 0 Å². The molecular formula is C23H25N3O. The van der Waals surface area contributed by atoms with Crippen molar-refractivity contribution in [1.82, 2.24) is 4.90 Å². The first-order chi connectivity index (χ1) is 13.1. The van der Waals surface area contributed by atoms with Gasteiger partial charge >= 0.3 is 0 Å². The van der Waals surface area contributed by atoms with Gasteiger partial charge in [0.05, 0.1) is 0 Å². The van der Waals surface area contributed by atoms with Gasteiger partial charge in [0.25, 0.3) is 0 Å². The van der Waals surface area contributed by atoms with Crippen LogP contribution in [-0.4, -0.2) is 23.9 Å². The van der Waals surface area contributed by atoms with E-state index in [0.717, 1.165) is 34.2 Å². The van der Waals surface area contributed by atoms with E-state index in [1.807, 2.05) is 18.5 Å². The van der Waals surface area contributed by atoms with Crippen molar-refractivity contribution in [2.45, 2.75) is 32.9 Å². The van der Waals surface area contributed by atoms with Crippen molar-refractivity contribution in [3.8, 4) is 0 Å². The van der Waals surface area contributed by atoms with Crippen molar-refractivity contribution in [2.75, 3.05) is 11.6 Å². The predicted molar refractivity (Wildman–Crippen MR) is 112 cm³/mol. The Labute approximate surface area is 159 Å². The lowest BCUT2D eigenvalue weighted by atomic mass is 9.80. The van der Waals surface area contributed by atoms with Gasteiger partial charge in [-0.3, -0.25) is 0 Å². The number of allylic oxidation sites excluding steroid dienone is 1. The Kier molecular flexibility index (Phi) is 3.58. The molecule has 0 bridgehead atoms. The highest BCUT2D eigenvalue weighted by Crippen LogP contribution is 2.49. The van der Waals surface area contributed by atoms with Crippen molar-refractivity contribution >= 4 is 34.0 Å². The fraction of sp³-hybridized carbons (Fsp3) is 0.348. The number of fused-ring (bicyclic) bond motifs is 7. The second-order valence-electron chi connectivity index (χ2n) is 8.18. The minimum absolute atomic E-state index is 0.196. The molecule has 138 valence electrons. The Morgan fingerprint density at radius 1 is 1.19 bits per heavy atom. The zero-order chi connectivity index (χ0) is 18.7. The quantitative estimate of drug-likeness (QED) is 0.574. The summed E-state index contributed by atoms with van der Waals surface area (Å²) in [7, 11) is 0. The summed E-state index contributed by atoms with van der Waals surface area (Å²) >= 11 is 0. The van der Waals surface area contributed by atoms with Crippen molar-refractivity contribution in [3.63, 3.8) is 0 Å². The van der Waals surface area contributed by atoms with Crippen LogP contribution in [0.1, 0.15) is 32.3 Å². The maximum absolute atomic E-state index is 6.34. The van der Waals surface area contributed by atoms with Crippen LogP contribution in [0.5, 0.6) is 0 Å². The lowest BCUT2D eigenvalue weighted by Crippen LogP contribution is -2.50. The molecule has 0 aliphatic carbocycles. The van der Waals surface area contributed by atoms with Gasteiger partial charge in [-0.1, -0.05) is 57.2 Å². The first-order valence-corrected chi connectivity index (χ1v) is 9.76. The molecule has 3 atom stereocenters. The Balaban J connectivity index is 1.76. The molecule has 2 aliphatic rings. The molecule has 0 saturated carbocycles. The highest BCUT2D eigenvalue weighted by Gasteiger charge is 2.44. The van der Waals surface area contributed by atoms with E-state index in [4.69, 9.17) is 9.52 Å². The summed E-state index contributed by atoms with van der Waals surface area (Å²) in [4.78, 5) is 2.37. The SMILES string of the molecule is C=CC1c2ccc3c(oc4ccccc43)c2N2N=CN(CC(C)C)C2C1C. The normalized spacial score (nSPS) is 24.1. The fourth-order valence-corrected chi connectivity index (χ4v) is 4.80. The molecule has 3 unspecified atom stereocenters. The van der Waals surface area contributed by atoms with Crippen LogP contribution in [0.25, 0.3) is 21.9 Å². The van der Waals surface area contributed by atoms with Gasteiger partial charge in [0.1, 0.15) is 23.8 Å². The Hall–Kier alpha value is -2.75. The summed E-state index contributed by atoms with van der Waals surface area (Å²) in [6.45, 7) is 11.9. The number of anilines is 1. The van der Waals surface area contributed by atoms with Crippen LogP contribution in [0.2, 0.25) is 0 Å². The van der Waals surface area contributed by atoms with E-state index < -0.39 is 0 Å². The molecule has 4 heteroatoms. The van der Waals surface area contributed by atoms with Crippen molar-refractivity contribution < 1.29 is 4.42 Å². The second-order valence-corrected chi connectivity index (χ2v) is 8.18. The molecule has 0 fully saturated rings. The molecule has 0 N–H and O–H groups in total. The molecule has 27 heavy (non-hydrogen) atoms. The molecule has 0 saturated heterocycles. The minimum atomic E-state index is 0.196. The number of rotatable bonds is 3. The highest BCUT2D eigenvalue weighted by molar-refractivity contribution is 6.10. The summed E-state index contributed by atoms with van der Waals surface area (Å²) in [5, 5.41) is 9.29. The van der Waals surface area contributed by atoms with E-state index in [0.29, 0.717) is 11.8 Å². The predicted octanol–water partition coefficient (Wildman–Crippen LogP) is 5.55. The fourth-order valence-electron chi connectivity index (χ4n) is 4.80. The Morgan fingerprint density at radius 2 is 2.00 bits per heavy atom. The first kappa shape index (κ1) is 16.4. The standard InChI is InChI=1S/C23H25N3O/c1-5-16-15(4)23-25(12-14(2)3)13-24-26(23)21-18(16)10-11-19-17-8-6-7-9-20(17)27-22(19)21/h5-11,13-16,23H,1,12H2,2-4H3. The third-order valence-electron chi connectivity index (χ3n) is 5.92. The van der Waals surface area contributed by atoms with Gasteiger partial charge in [-0.25, -0.2) is 5.01 Å². The minimum Gasteiger partial charge on any atom is -0.454 e. The van der Waals surface area contributed by atoms with Crippen LogP contribution in [0, 0.1) is 11.8 Å². The third kappa shape index (κ3) is 2.25. The smallest absolute Gasteiger partial charge is 0.161 e. The molecule has 2 aromatic carbocycles. The first-order valence-electron chi connectivity index (χ1n) is 9.76. The van der Waals surface area contributed by atoms with Crippen LogP contribution < -0.4 is 5.01 Å². The zero-order valence-corrected chi connectivity index (χ0v) is 16.1. The Morgan fingerprint density at radius 3 is 2.78 bits per heavy atom. The van der Waals surface area contributed by atoms with E-state index in [-0.39, 0.29) is 12.1 Å². The van der Waals surface area contributed by atoms with E-state index in [1.165, 1.54) is 5.56 Å². The van der Waals surface area contributed by atoms with Gasteiger partial charge in [0.2, 0.25) is 0 Å². The van der Waals surface area contributed by atoms with Crippen molar-refractivity contribution in [1.29, 1.82) is 0 Å². The van der Waals surface area contributed by atoms with E-state index in [2.05, 4.69) is 67.6 Å². The number of hydrogen-bond donors (Lipinski definition) is 0. The molecule has 2 aliphatic heterocycles. The van der Waals surface area contributed by atoms with Gasteiger partial charge in [0.15, 0.2) is 5.58 Å². The summed E-state index contributed by atoms with van der Waals surface area (Å²) in [6.07, 6.45) is 4.28. The molecule has 1 aromatic heterocycles. The van der Waals surface area contributed by atoms with E-state index in [1.54, 1.807) is 0 Å². The maximum atomic E-state index is 6.34. The molecule has 3 aromatic rings. The topological polar surface area (TPSA) is 32.0 Å². The van der Waals surface area contributed by atoms with E-state index >= 15 is 0 Å². The van der Waals surface area contributed by atoms with Crippen LogP contribution in [0.4, 0.5) is 5.69 Å². The van der Waals surface area contributed by atoms with Crippen LogP contribution in [0.3, 0.4) is 0 Å². The third-order valence-corrected chi connectivity index (χ3v) is 5.92.